The zero-order chi connectivity index (χ0) is 17.6. The Hall–Kier alpha value is -2.25. The van der Waals surface area contributed by atoms with Crippen molar-refractivity contribution in [2.45, 2.75) is 23.1 Å². The summed E-state index contributed by atoms with van der Waals surface area (Å²) in [6, 6.07) is 15.6. The number of ketones is 1. The van der Waals surface area contributed by atoms with Crippen LogP contribution in [0.1, 0.15) is 22.8 Å². The Morgan fingerprint density at radius 1 is 1.16 bits per heavy atom. The zero-order valence-corrected chi connectivity index (χ0v) is 15.1. The molecular weight excluding hydrogens is 357 g/mol. The number of nitrogens with one attached hydrogen (secondary N) is 1. The van der Waals surface area contributed by atoms with E-state index in [9.17, 15) is 9.18 Å². The second kappa shape index (κ2) is 8.22. The van der Waals surface area contributed by atoms with E-state index in [0.717, 1.165) is 9.90 Å². The van der Waals surface area contributed by atoms with Crippen LogP contribution in [0.3, 0.4) is 0 Å². The van der Waals surface area contributed by atoms with E-state index in [1.165, 1.54) is 47.4 Å². The van der Waals surface area contributed by atoms with Crippen molar-refractivity contribution >= 4 is 34.0 Å². The number of aromatic nitrogens is 2. The van der Waals surface area contributed by atoms with Crippen LogP contribution in [-0.4, -0.2) is 21.2 Å². The number of Topliss-reactive ketones (excluding diaryl/α,β-unsaturated/α-hetero) is 1. The number of carbonyl (C=O) groups is 1. The molecule has 1 atom stereocenters. The fourth-order valence-electron chi connectivity index (χ4n) is 2.16. The molecule has 4 nitrogen and oxygen atoms in total. The number of nitrogens with zero attached hydrogens (tertiary/aromatic N) is 2. The first-order valence-corrected chi connectivity index (χ1v) is 9.39. The number of hydrogen-bond donors (Lipinski definition) is 1. The predicted molar refractivity (Wildman–Crippen MR) is 99.7 cm³/mol. The van der Waals surface area contributed by atoms with E-state index in [0.29, 0.717) is 17.2 Å². The van der Waals surface area contributed by atoms with E-state index < -0.39 is 0 Å². The van der Waals surface area contributed by atoms with Crippen molar-refractivity contribution in [3.8, 4) is 0 Å². The Labute approximate surface area is 153 Å². The number of thioether (sulfide) groups is 1. The highest BCUT2D eigenvalue weighted by Gasteiger charge is 2.18. The molecule has 1 unspecified atom stereocenters. The predicted octanol–water partition coefficient (Wildman–Crippen LogP) is 4.65. The van der Waals surface area contributed by atoms with E-state index in [2.05, 4.69) is 15.5 Å². The van der Waals surface area contributed by atoms with Gasteiger partial charge in [0.2, 0.25) is 5.13 Å². The summed E-state index contributed by atoms with van der Waals surface area (Å²) in [6.45, 7) is 2.49. The zero-order valence-electron chi connectivity index (χ0n) is 13.5. The van der Waals surface area contributed by atoms with Crippen LogP contribution < -0.4 is 5.32 Å². The van der Waals surface area contributed by atoms with Gasteiger partial charge in [0, 0.05) is 12.1 Å². The fraction of sp³-hybridized carbons (Fsp3) is 0.167. The maximum absolute atomic E-state index is 13.0. The lowest BCUT2D eigenvalue weighted by Gasteiger charge is -2.07. The van der Waals surface area contributed by atoms with Gasteiger partial charge >= 0.3 is 0 Å². The van der Waals surface area contributed by atoms with Crippen molar-refractivity contribution in [3.05, 3.63) is 71.5 Å². The average Bonchev–Trinajstić information content (AvgIpc) is 3.08. The number of carbonyl (C=O) groups excluding carboxylic acids is 1. The van der Waals surface area contributed by atoms with Crippen molar-refractivity contribution in [1.82, 2.24) is 10.2 Å². The molecule has 2 aromatic carbocycles. The van der Waals surface area contributed by atoms with Gasteiger partial charge in [-0.1, -0.05) is 53.4 Å². The standard InChI is InChI=1S/C18H16FN3OS2/c1-12(16(23)14-7-9-15(19)10-8-14)24-18-22-21-17(25-18)20-11-13-5-3-2-4-6-13/h2-10,12H,11H2,1H3,(H,20,21). The van der Waals surface area contributed by atoms with Gasteiger partial charge in [-0.2, -0.15) is 0 Å². The lowest BCUT2D eigenvalue weighted by molar-refractivity contribution is 0.0994. The summed E-state index contributed by atoms with van der Waals surface area (Å²) in [4.78, 5) is 12.4. The summed E-state index contributed by atoms with van der Waals surface area (Å²) in [5.41, 5.74) is 1.65. The molecule has 128 valence electrons. The highest BCUT2D eigenvalue weighted by atomic mass is 32.2. The van der Waals surface area contributed by atoms with E-state index in [-0.39, 0.29) is 16.9 Å². The molecule has 1 heterocycles. The Morgan fingerprint density at radius 3 is 2.60 bits per heavy atom. The van der Waals surface area contributed by atoms with Gasteiger partial charge in [-0.15, -0.1) is 10.2 Å². The number of rotatable bonds is 7. The minimum absolute atomic E-state index is 0.0565. The van der Waals surface area contributed by atoms with E-state index >= 15 is 0 Å². The average molecular weight is 373 g/mol. The molecule has 1 N–H and O–H groups in total. The molecule has 0 fully saturated rings. The Bertz CT molecular complexity index is 837. The third kappa shape index (κ3) is 4.87. The molecule has 3 aromatic rings. The first kappa shape index (κ1) is 17.6. The number of anilines is 1. The highest BCUT2D eigenvalue weighted by molar-refractivity contribution is 8.02. The molecule has 0 amide bonds. The Morgan fingerprint density at radius 2 is 1.88 bits per heavy atom. The molecule has 1 aromatic heterocycles. The molecule has 0 saturated carbocycles. The smallest absolute Gasteiger partial charge is 0.206 e. The Kier molecular flexibility index (Phi) is 5.78. The van der Waals surface area contributed by atoms with Gasteiger partial charge < -0.3 is 5.32 Å². The molecule has 0 radical (unpaired) electrons. The van der Waals surface area contributed by atoms with E-state index in [1.807, 2.05) is 37.3 Å². The summed E-state index contributed by atoms with van der Waals surface area (Å²) < 4.78 is 13.7. The Balaban J connectivity index is 1.57. The summed E-state index contributed by atoms with van der Waals surface area (Å²) in [6.07, 6.45) is 0. The van der Waals surface area contributed by atoms with Gasteiger partial charge in [0.25, 0.3) is 0 Å². The summed E-state index contributed by atoms with van der Waals surface area (Å²) >= 11 is 2.77. The van der Waals surface area contributed by atoms with Crippen molar-refractivity contribution in [2.75, 3.05) is 5.32 Å². The van der Waals surface area contributed by atoms with Crippen LogP contribution in [0.25, 0.3) is 0 Å². The first-order chi connectivity index (χ1) is 12.1. The van der Waals surface area contributed by atoms with Gasteiger partial charge in [0.1, 0.15) is 5.82 Å². The molecule has 0 aliphatic heterocycles. The quantitative estimate of drug-likeness (QED) is 0.482. The lowest BCUT2D eigenvalue weighted by atomic mass is 10.1. The topological polar surface area (TPSA) is 54.9 Å². The SMILES string of the molecule is CC(Sc1nnc(NCc2ccccc2)s1)C(=O)c1ccc(F)cc1. The molecule has 0 saturated heterocycles. The lowest BCUT2D eigenvalue weighted by Crippen LogP contribution is -2.13. The number of halogens is 1. The van der Waals surface area contributed by atoms with Crippen LogP contribution in [0.4, 0.5) is 9.52 Å². The summed E-state index contributed by atoms with van der Waals surface area (Å²) in [5.74, 6) is -0.408. The molecule has 0 bridgehead atoms. The second-order valence-electron chi connectivity index (χ2n) is 5.34. The largest absolute Gasteiger partial charge is 0.356 e. The van der Waals surface area contributed by atoms with Crippen molar-refractivity contribution in [2.24, 2.45) is 0 Å². The minimum Gasteiger partial charge on any atom is -0.356 e. The third-order valence-electron chi connectivity index (χ3n) is 3.47. The van der Waals surface area contributed by atoms with Crippen molar-refractivity contribution < 1.29 is 9.18 Å². The third-order valence-corrected chi connectivity index (χ3v) is 5.53. The second-order valence-corrected chi connectivity index (χ2v) is 7.91. The summed E-state index contributed by atoms with van der Waals surface area (Å²) in [7, 11) is 0. The van der Waals surface area contributed by atoms with Crippen molar-refractivity contribution in [3.63, 3.8) is 0 Å². The first-order valence-electron chi connectivity index (χ1n) is 7.69. The van der Waals surface area contributed by atoms with Crippen LogP contribution >= 0.6 is 23.1 Å². The van der Waals surface area contributed by atoms with E-state index in [1.54, 1.807) is 0 Å². The molecule has 25 heavy (non-hydrogen) atoms. The highest BCUT2D eigenvalue weighted by Crippen LogP contribution is 2.30. The normalized spacial score (nSPS) is 11.9. The molecule has 3 rings (SSSR count). The van der Waals surface area contributed by atoms with Crippen molar-refractivity contribution in [1.29, 1.82) is 0 Å². The van der Waals surface area contributed by atoms with Gasteiger partial charge in [0.15, 0.2) is 10.1 Å². The van der Waals surface area contributed by atoms with Gasteiger partial charge in [-0.25, -0.2) is 4.39 Å². The van der Waals surface area contributed by atoms with Crippen LogP contribution in [0, 0.1) is 5.82 Å². The molecule has 0 aliphatic rings. The molecule has 0 aliphatic carbocycles. The number of benzene rings is 2. The van der Waals surface area contributed by atoms with Gasteiger partial charge in [-0.3, -0.25) is 4.79 Å². The molecular formula is C18H16FN3OS2. The van der Waals surface area contributed by atoms with E-state index in [4.69, 9.17) is 0 Å². The molecule has 0 spiro atoms. The maximum atomic E-state index is 13.0. The monoisotopic (exact) mass is 373 g/mol. The number of hydrogen-bond acceptors (Lipinski definition) is 6. The minimum atomic E-state index is -0.352. The van der Waals surface area contributed by atoms with Crippen LogP contribution in [0.2, 0.25) is 0 Å². The van der Waals surface area contributed by atoms with Crippen LogP contribution in [0.15, 0.2) is 58.9 Å². The fourth-order valence-corrected chi connectivity index (χ4v) is 4.12. The summed E-state index contributed by atoms with van der Waals surface area (Å²) in [5, 5.41) is 11.8. The molecule has 7 heteroatoms. The van der Waals surface area contributed by atoms with Crippen LogP contribution in [0.5, 0.6) is 0 Å². The maximum Gasteiger partial charge on any atom is 0.206 e. The van der Waals surface area contributed by atoms with Gasteiger partial charge in [-0.05, 0) is 36.8 Å². The van der Waals surface area contributed by atoms with Gasteiger partial charge in [0.05, 0.1) is 5.25 Å². The van der Waals surface area contributed by atoms with Crippen LogP contribution in [-0.2, 0) is 6.54 Å².